The van der Waals surface area contributed by atoms with E-state index in [0.717, 1.165) is 31.2 Å². The first-order valence-electron chi connectivity index (χ1n) is 10.6. The number of nitrogens with zero attached hydrogens (tertiary/aromatic N) is 1. The summed E-state index contributed by atoms with van der Waals surface area (Å²) in [6.45, 7) is 4.94. The molecule has 1 saturated carbocycles. The van der Waals surface area contributed by atoms with Crippen molar-refractivity contribution in [2.75, 3.05) is 26.2 Å². The molecule has 0 bridgehead atoms. The van der Waals surface area contributed by atoms with Gasteiger partial charge in [-0.2, -0.15) is 0 Å². The highest BCUT2D eigenvalue weighted by atomic mass is 16.5. The second-order valence-electron chi connectivity index (χ2n) is 8.08. The van der Waals surface area contributed by atoms with Crippen LogP contribution >= 0.6 is 0 Å². The number of ether oxygens (including phenoxy) is 1. The molecule has 1 aliphatic carbocycles. The summed E-state index contributed by atoms with van der Waals surface area (Å²) < 4.78 is 5.72. The van der Waals surface area contributed by atoms with Crippen LogP contribution in [0.3, 0.4) is 0 Å². The van der Waals surface area contributed by atoms with Crippen LogP contribution < -0.4 is 10.1 Å². The molecule has 0 spiro atoms. The Kier molecular flexibility index (Phi) is 6.27. The van der Waals surface area contributed by atoms with Crippen LogP contribution in [0.15, 0.2) is 48.5 Å². The zero-order valence-corrected chi connectivity index (χ0v) is 16.5. The van der Waals surface area contributed by atoms with Crippen molar-refractivity contribution >= 4 is 5.91 Å². The van der Waals surface area contributed by atoms with Crippen molar-refractivity contribution in [3.05, 3.63) is 65.2 Å². The third-order valence-corrected chi connectivity index (χ3v) is 5.63. The lowest BCUT2D eigenvalue weighted by Crippen LogP contribution is -2.25. The molecule has 2 aromatic carbocycles. The molecule has 0 atom stereocenters. The van der Waals surface area contributed by atoms with Crippen molar-refractivity contribution in [2.24, 2.45) is 5.92 Å². The van der Waals surface area contributed by atoms with Gasteiger partial charge in [0.25, 0.3) is 5.91 Å². The van der Waals surface area contributed by atoms with Gasteiger partial charge < -0.3 is 10.1 Å². The van der Waals surface area contributed by atoms with Gasteiger partial charge in [0.2, 0.25) is 0 Å². The van der Waals surface area contributed by atoms with E-state index in [4.69, 9.17) is 4.74 Å². The summed E-state index contributed by atoms with van der Waals surface area (Å²) in [6.07, 6.45) is 6.06. The predicted octanol–water partition coefficient (Wildman–Crippen LogP) is 4.04. The third kappa shape index (κ3) is 5.59. The molecule has 1 amide bonds. The Morgan fingerprint density at radius 2 is 1.64 bits per heavy atom. The zero-order chi connectivity index (χ0) is 19.2. The van der Waals surface area contributed by atoms with E-state index in [1.807, 2.05) is 24.3 Å². The standard InChI is InChI=1S/C24H30N2O2/c27-24(22-9-11-23(12-10-22)28-18-21-7-8-21)25-14-13-19-3-5-20(6-4-19)17-26-15-1-2-16-26/h3-6,9-12,21H,1-2,7-8,13-18H2,(H,25,27). The van der Waals surface area contributed by atoms with Gasteiger partial charge >= 0.3 is 0 Å². The first kappa shape index (κ1) is 19.0. The monoisotopic (exact) mass is 378 g/mol. The minimum absolute atomic E-state index is 0.0283. The quantitative estimate of drug-likeness (QED) is 0.716. The maximum Gasteiger partial charge on any atom is 0.251 e. The number of hydrogen-bond donors (Lipinski definition) is 1. The third-order valence-electron chi connectivity index (χ3n) is 5.63. The average molecular weight is 379 g/mol. The summed E-state index contributed by atoms with van der Waals surface area (Å²) in [6, 6.07) is 16.3. The summed E-state index contributed by atoms with van der Waals surface area (Å²) in [7, 11) is 0. The van der Waals surface area contributed by atoms with Gasteiger partial charge in [0, 0.05) is 18.7 Å². The van der Waals surface area contributed by atoms with Crippen LogP contribution in [0.4, 0.5) is 0 Å². The largest absolute Gasteiger partial charge is 0.493 e. The fraction of sp³-hybridized carbons (Fsp3) is 0.458. The fourth-order valence-electron chi connectivity index (χ4n) is 3.63. The first-order valence-corrected chi connectivity index (χ1v) is 10.6. The molecule has 0 radical (unpaired) electrons. The first-order chi connectivity index (χ1) is 13.8. The van der Waals surface area contributed by atoms with Gasteiger partial charge in [0.15, 0.2) is 0 Å². The molecule has 28 heavy (non-hydrogen) atoms. The number of amides is 1. The molecule has 4 heteroatoms. The van der Waals surface area contributed by atoms with Crippen molar-refractivity contribution in [3.63, 3.8) is 0 Å². The molecule has 148 valence electrons. The van der Waals surface area contributed by atoms with E-state index in [1.54, 1.807) is 0 Å². The SMILES string of the molecule is O=C(NCCc1ccc(CN2CCCC2)cc1)c1ccc(OCC2CC2)cc1. The van der Waals surface area contributed by atoms with Crippen LogP contribution in [0.25, 0.3) is 0 Å². The average Bonchev–Trinajstić information content (AvgIpc) is 3.42. The van der Waals surface area contributed by atoms with Crippen LogP contribution in [0.5, 0.6) is 5.75 Å². The second-order valence-corrected chi connectivity index (χ2v) is 8.08. The number of rotatable bonds is 9. The molecule has 0 unspecified atom stereocenters. The van der Waals surface area contributed by atoms with Gasteiger partial charge in [-0.1, -0.05) is 24.3 Å². The minimum atomic E-state index is -0.0283. The van der Waals surface area contributed by atoms with E-state index >= 15 is 0 Å². The molecular weight excluding hydrogens is 348 g/mol. The summed E-state index contributed by atoms with van der Waals surface area (Å²) in [5.41, 5.74) is 3.31. The van der Waals surface area contributed by atoms with Gasteiger partial charge in [-0.3, -0.25) is 9.69 Å². The lowest BCUT2D eigenvalue weighted by Gasteiger charge is -2.14. The summed E-state index contributed by atoms with van der Waals surface area (Å²) in [5, 5.41) is 3.01. The van der Waals surface area contributed by atoms with Crippen LogP contribution in [0.2, 0.25) is 0 Å². The van der Waals surface area contributed by atoms with E-state index < -0.39 is 0 Å². The lowest BCUT2D eigenvalue weighted by molar-refractivity contribution is 0.0954. The van der Waals surface area contributed by atoms with Gasteiger partial charge in [-0.15, -0.1) is 0 Å². The topological polar surface area (TPSA) is 41.6 Å². The van der Waals surface area contributed by atoms with E-state index in [1.165, 1.54) is 49.9 Å². The van der Waals surface area contributed by atoms with Crippen molar-refractivity contribution in [1.29, 1.82) is 0 Å². The van der Waals surface area contributed by atoms with Gasteiger partial charge in [-0.25, -0.2) is 0 Å². The molecule has 4 nitrogen and oxygen atoms in total. The van der Waals surface area contributed by atoms with Crippen molar-refractivity contribution in [3.8, 4) is 5.75 Å². The maximum absolute atomic E-state index is 12.3. The lowest BCUT2D eigenvalue weighted by atomic mass is 10.1. The van der Waals surface area contributed by atoms with Crippen LogP contribution in [-0.4, -0.2) is 37.0 Å². The minimum Gasteiger partial charge on any atom is -0.493 e. The number of likely N-dealkylation sites (tertiary alicyclic amines) is 1. The summed E-state index contributed by atoms with van der Waals surface area (Å²) in [5.74, 6) is 1.55. The second kappa shape index (κ2) is 9.24. The van der Waals surface area contributed by atoms with Crippen LogP contribution in [-0.2, 0) is 13.0 Å². The van der Waals surface area contributed by atoms with Gasteiger partial charge in [-0.05, 0) is 86.5 Å². The number of carbonyl (C=O) groups is 1. The Morgan fingerprint density at radius 1 is 0.964 bits per heavy atom. The van der Waals surface area contributed by atoms with Crippen LogP contribution in [0.1, 0.15) is 47.2 Å². The Bertz CT molecular complexity index is 760. The Hall–Kier alpha value is -2.33. The van der Waals surface area contributed by atoms with E-state index in [9.17, 15) is 4.79 Å². The Morgan fingerprint density at radius 3 is 2.32 bits per heavy atom. The molecule has 1 heterocycles. The zero-order valence-electron chi connectivity index (χ0n) is 16.5. The number of benzene rings is 2. The van der Waals surface area contributed by atoms with Crippen LogP contribution in [0, 0.1) is 5.92 Å². The van der Waals surface area contributed by atoms with Crippen molar-refractivity contribution in [2.45, 2.75) is 38.6 Å². The highest BCUT2D eigenvalue weighted by Crippen LogP contribution is 2.29. The summed E-state index contributed by atoms with van der Waals surface area (Å²) in [4.78, 5) is 14.8. The number of carbonyl (C=O) groups excluding carboxylic acids is 1. The van der Waals surface area contributed by atoms with Crippen molar-refractivity contribution in [1.82, 2.24) is 10.2 Å². The number of hydrogen-bond acceptors (Lipinski definition) is 3. The highest BCUT2D eigenvalue weighted by molar-refractivity contribution is 5.94. The molecule has 0 aromatic heterocycles. The van der Waals surface area contributed by atoms with Gasteiger partial charge in [0.1, 0.15) is 5.75 Å². The Balaban J connectivity index is 1.19. The van der Waals surface area contributed by atoms with E-state index in [2.05, 4.69) is 34.5 Å². The maximum atomic E-state index is 12.3. The molecule has 1 N–H and O–H groups in total. The fourth-order valence-corrected chi connectivity index (χ4v) is 3.63. The molecule has 2 aliphatic rings. The molecule has 1 aliphatic heterocycles. The van der Waals surface area contributed by atoms with Gasteiger partial charge in [0.05, 0.1) is 6.61 Å². The van der Waals surface area contributed by atoms with E-state index in [0.29, 0.717) is 12.1 Å². The predicted molar refractivity (Wildman–Crippen MR) is 112 cm³/mol. The molecular formula is C24H30N2O2. The van der Waals surface area contributed by atoms with E-state index in [-0.39, 0.29) is 5.91 Å². The highest BCUT2D eigenvalue weighted by Gasteiger charge is 2.21. The molecule has 4 rings (SSSR count). The summed E-state index contributed by atoms with van der Waals surface area (Å²) >= 11 is 0. The molecule has 1 saturated heterocycles. The normalized spacial score (nSPS) is 16.9. The van der Waals surface area contributed by atoms with Crippen molar-refractivity contribution < 1.29 is 9.53 Å². The number of nitrogens with one attached hydrogen (secondary N) is 1. The smallest absolute Gasteiger partial charge is 0.251 e. The molecule has 2 aromatic rings. The molecule has 2 fully saturated rings. The Labute approximate surface area is 167 Å².